The highest BCUT2D eigenvalue weighted by molar-refractivity contribution is 6.03. The average Bonchev–Trinajstić information content (AvgIpc) is 3.22. The fourth-order valence-corrected chi connectivity index (χ4v) is 3.47. The molecule has 0 saturated carbocycles. The highest BCUT2D eigenvalue weighted by atomic mass is 16.5. The monoisotopic (exact) mass is 407 g/mol. The molecule has 1 aliphatic heterocycles. The summed E-state index contributed by atoms with van der Waals surface area (Å²) in [6, 6.07) is 11.6. The maximum atomic E-state index is 12.6. The Morgan fingerprint density at radius 1 is 1.10 bits per heavy atom. The third-order valence-corrected chi connectivity index (χ3v) is 4.99. The topological polar surface area (TPSA) is 82.4 Å². The molecule has 0 amide bonds. The van der Waals surface area contributed by atoms with Crippen LogP contribution < -0.4 is 4.90 Å². The molecule has 0 saturated heterocycles. The van der Waals surface area contributed by atoms with Crippen molar-refractivity contribution in [1.29, 1.82) is 0 Å². The van der Waals surface area contributed by atoms with E-state index >= 15 is 0 Å². The smallest absolute Gasteiger partial charge is 0.355 e. The molecule has 0 radical (unpaired) electrons. The van der Waals surface area contributed by atoms with Crippen LogP contribution in [0.3, 0.4) is 0 Å². The molecule has 0 atom stereocenters. The van der Waals surface area contributed by atoms with E-state index in [4.69, 9.17) is 14.2 Å². The van der Waals surface area contributed by atoms with Crippen molar-refractivity contribution >= 4 is 23.3 Å². The van der Waals surface area contributed by atoms with Crippen molar-refractivity contribution in [2.24, 2.45) is 0 Å². The fourth-order valence-electron chi connectivity index (χ4n) is 3.47. The van der Waals surface area contributed by atoms with Crippen molar-refractivity contribution in [3.05, 3.63) is 65.6 Å². The Morgan fingerprint density at radius 2 is 1.90 bits per heavy atom. The second kappa shape index (κ2) is 8.00. The summed E-state index contributed by atoms with van der Waals surface area (Å²) < 4.78 is 17.3. The minimum absolute atomic E-state index is 0.0290. The number of benzene rings is 1. The summed E-state index contributed by atoms with van der Waals surface area (Å²) in [5.74, 6) is -1.26. The van der Waals surface area contributed by atoms with E-state index < -0.39 is 11.9 Å². The van der Waals surface area contributed by atoms with Gasteiger partial charge in [0, 0.05) is 23.6 Å². The van der Waals surface area contributed by atoms with Crippen LogP contribution in [0, 0.1) is 6.92 Å². The van der Waals surface area contributed by atoms with Crippen LogP contribution in [0.25, 0.3) is 16.9 Å². The number of methoxy groups -OCH3 is 2. The van der Waals surface area contributed by atoms with Gasteiger partial charge in [-0.05, 0) is 30.7 Å². The van der Waals surface area contributed by atoms with E-state index in [2.05, 4.69) is 4.98 Å². The normalized spacial score (nSPS) is 14.2. The molecular formula is C22H21N3O5. The zero-order valence-corrected chi connectivity index (χ0v) is 16.9. The standard InChI is InChI=1S/C22H21N3O5/c1-14-7-8-15(17-11-24-9-5-4-6-19(24)23-17)10-18(14)25-13-30-12-16(21(26)28-2)20(25)22(27)29-3/h4-11H,12-13H2,1-3H3. The van der Waals surface area contributed by atoms with Crippen LogP contribution in [0.4, 0.5) is 5.69 Å². The Kier molecular flexibility index (Phi) is 5.24. The summed E-state index contributed by atoms with van der Waals surface area (Å²) >= 11 is 0. The molecule has 30 heavy (non-hydrogen) atoms. The SMILES string of the molecule is COC(=O)C1=C(C(=O)OC)N(c2cc(-c3cn4ccccc4n3)ccc2C)COC1. The number of fused-ring (bicyclic) bond motifs is 1. The molecule has 0 spiro atoms. The number of hydrogen-bond donors (Lipinski definition) is 0. The Labute approximate surface area is 173 Å². The number of imidazole rings is 1. The molecule has 0 bridgehead atoms. The largest absolute Gasteiger partial charge is 0.466 e. The number of esters is 2. The minimum Gasteiger partial charge on any atom is -0.466 e. The van der Waals surface area contributed by atoms with Crippen molar-refractivity contribution in [2.75, 3.05) is 32.5 Å². The number of carbonyl (C=O) groups is 2. The van der Waals surface area contributed by atoms with Gasteiger partial charge in [-0.2, -0.15) is 0 Å². The molecule has 2 aromatic heterocycles. The molecule has 1 aliphatic rings. The summed E-state index contributed by atoms with van der Waals surface area (Å²) in [5, 5.41) is 0. The van der Waals surface area contributed by atoms with Crippen molar-refractivity contribution in [1.82, 2.24) is 9.38 Å². The number of nitrogens with zero attached hydrogens (tertiary/aromatic N) is 3. The first-order valence-electron chi connectivity index (χ1n) is 9.33. The maximum Gasteiger partial charge on any atom is 0.355 e. The third kappa shape index (κ3) is 3.42. The van der Waals surface area contributed by atoms with Gasteiger partial charge in [-0.25, -0.2) is 14.6 Å². The van der Waals surface area contributed by atoms with E-state index in [-0.39, 0.29) is 24.6 Å². The van der Waals surface area contributed by atoms with Gasteiger partial charge in [0.15, 0.2) is 0 Å². The lowest BCUT2D eigenvalue weighted by molar-refractivity contribution is -0.140. The lowest BCUT2D eigenvalue weighted by Gasteiger charge is -2.32. The van der Waals surface area contributed by atoms with Crippen LogP contribution >= 0.6 is 0 Å². The van der Waals surface area contributed by atoms with Crippen LogP contribution in [0.15, 0.2) is 60.1 Å². The van der Waals surface area contributed by atoms with Gasteiger partial charge in [-0.3, -0.25) is 0 Å². The number of aryl methyl sites for hydroxylation is 1. The minimum atomic E-state index is -0.630. The fraction of sp³-hybridized carbons (Fsp3) is 0.227. The number of hydrogen-bond acceptors (Lipinski definition) is 7. The molecule has 0 N–H and O–H groups in total. The van der Waals surface area contributed by atoms with Crippen molar-refractivity contribution in [3.63, 3.8) is 0 Å². The second-order valence-electron chi connectivity index (χ2n) is 6.81. The number of anilines is 1. The summed E-state index contributed by atoms with van der Waals surface area (Å²) in [6.45, 7) is 1.99. The van der Waals surface area contributed by atoms with E-state index in [1.807, 2.05) is 60.1 Å². The highest BCUT2D eigenvalue weighted by Gasteiger charge is 2.33. The molecule has 3 heterocycles. The van der Waals surface area contributed by atoms with Gasteiger partial charge in [0.05, 0.1) is 32.1 Å². The predicted molar refractivity (Wildman–Crippen MR) is 110 cm³/mol. The van der Waals surface area contributed by atoms with Gasteiger partial charge in [0.25, 0.3) is 0 Å². The van der Waals surface area contributed by atoms with Gasteiger partial charge in [-0.1, -0.05) is 18.2 Å². The maximum absolute atomic E-state index is 12.6. The van der Waals surface area contributed by atoms with Crippen LogP contribution in [-0.2, 0) is 23.8 Å². The van der Waals surface area contributed by atoms with Crippen LogP contribution in [0.2, 0.25) is 0 Å². The molecule has 0 fully saturated rings. The second-order valence-corrected chi connectivity index (χ2v) is 6.81. The molecule has 3 aromatic rings. The van der Waals surface area contributed by atoms with Crippen LogP contribution in [-0.4, -0.2) is 48.9 Å². The highest BCUT2D eigenvalue weighted by Crippen LogP contribution is 2.33. The third-order valence-electron chi connectivity index (χ3n) is 4.99. The molecule has 154 valence electrons. The number of ether oxygens (including phenoxy) is 3. The summed E-state index contributed by atoms with van der Waals surface area (Å²) in [4.78, 5) is 31.1. The van der Waals surface area contributed by atoms with Gasteiger partial charge in [0.2, 0.25) is 0 Å². The van der Waals surface area contributed by atoms with E-state index in [9.17, 15) is 9.59 Å². The van der Waals surface area contributed by atoms with Gasteiger partial charge < -0.3 is 23.5 Å². The molecular weight excluding hydrogens is 386 g/mol. The molecule has 1 aromatic carbocycles. The molecule has 8 heteroatoms. The van der Waals surface area contributed by atoms with E-state index in [0.717, 1.165) is 22.5 Å². The van der Waals surface area contributed by atoms with Crippen molar-refractivity contribution < 1.29 is 23.8 Å². The first-order chi connectivity index (χ1) is 14.5. The lowest BCUT2D eigenvalue weighted by Crippen LogP contribution is -2.39. The first kappa shape index (κ1) is 19.7. The van der Waals surface area contributed by atoms with Gasteiger partial charge in [-0.15, -0.1) is 0 Å². The quantitative estimate of drug-likeness (QED) is 0.615. The van der Waals surface area contributed by atoms with E-state index in [1.165, 1.54) is 14.2 Å². The molecule has 4 rings (SSSR count). The Hall–Kier alpha value is -3.65. The predicted octanol–water partition coefficient (Wildman–Crippen LogP) is 2.70. The zero-order chi connectivity index (χ0) is 21.3. The molecule has 0 aliphatic carbocycles. The van der Waals surface area contributed by atoms with Crippen molar-refractivity contribution in [3.8, 4) is 11.3 Å². The van der Waals surface area contributed by atoms with Crippen LogP contribution in [0.5, 0.6) is 0 Å². The average molecular weight is 407 g/mol. The van der Waals surface area contributed by atoms with Gasteiger partial charge in [0.1, 0.15) is 18.1 Å². The number of carbonyl (C=O) groups excluding carboxylic acids is 2. The van der Waals surface area contributed by atoms with Crippen LogP contribution in [0.1, 0.15) is 5.56 Å². The Bertz CT molecular complexity index is 1130. The Balaban J connectivity index is 1.83. The lowest BCUT2D eigenvalue weighted by atomic mass is 10.0. The van der Waals surface area contributed by atoms with E-state index in [0.29, 0.717) is 5.69 Å². The number of pyridine rings is 1. The van der Waals surface area contributed by atoms with Gasteiger partial charge >= 0.3 is 11.9 Å². The zero-order valence-electron chi connectivity index (χ0n) is 16.9. The summed E-state index contributed by atoms with van der Waals surface area (Å²) in [7, 11) is 2.54. The molecule has 8 nitrogen and oxygen atoms in total. The molecule has 0 unspecified atom stereocenters. The summed E-state index contributed by atoms with van der Waals surface area (Å²) in [5.41, 5.74) is 4.34. The number of aromatic nitrogens is 2. The van der Waals surface area contributed by atoms with E-state index in [1.54, 1.807) is 4.90 Å². The summed E-state index contributed by atoms with van der Waals surface area (Å²) in [6.07, 6.45) is 3.87. The van der Waals surface area contributed by atoms with Crippen molar-refractivity contribution in [2.45, 2.75) is 6.92 Å². The Morgan fingerprint density at radius 3 is 2.63 bits per heavy atom. The number of rotatable bonds is 4. The first-order valence-corrected chi connectivity index (χ1v) is 9.33.